The molecule has 3 heteroatoms. The van der Waals surface area contributed by atoms with Crippen LogP contribution in [0, 0.1) is 6.92 Å². The third kappa shape index (κ3) is 4.05. The van der Waals surface area contributed by atoms with Gasteiger partial charge in [0.05, 0.1) is 6.10 Å². The van der Waals surface area contributed by atoms with Crippen LogP contribution >= 0.6 is 0 Å². The number of nitrogens with zero attached hydrogens (tertiary/aromatic N) is 1. The number of hydrogen-bond acceptors (Lipinski definition) is 3. The summed E-state index contributed by atoms with van der Waals surface area (Å²) in [5.41, 5.74) is 8.90. The molecule has 20 heavy (non-hydrogen) atoms. The molecule has 1 fully saturated rings. The predicted octanol–water partition coefficient (Wildman–Crippen LogP) is 2.88. The minimum atomic E-state index is 0.0455. The van der Waals surface area contributed by atoms with E-state index in [0.717, 1.165) is 13.2 Å². The molecule has 0 radical (unpaired) electrons. The fourth-order valence-electron chi connectivity index (χ4n) is 2.78. The summed E-state index contributed by atoms with van der Waals surface area (Å²) in [5.74, 6) is 0. The maximum Gasteiger partial charge on any atom is 0.0702 e. The molecule has 3 unspecified atom stereocenters. The minimum Gasteiger partial charge on any atom is -0.377 e. The molecule has 1 heterocycles. The Labute approximate surface area is 123 Å². The average Bonchev–Trinajstić information content (AvgIpc) is 2.47. The van der Waals surface area contributed by atoms with Gasteiger partial charge in [0.1, 0.15) is 0 Å². The summed E-state index contributed by atoms with van der Waals surface area (Å²) in [5, 5.41) is 0. The van der Waals surface area contributed by atoms with Crippen LogP contribution in [0.25, 0.3) is 0 Å². The van der Waals surface area contributed by atoms with Gasteiger partial charge in [-0.2, -0.15) is 0 Å². The van der Waals surface area contributed by atoms with E-state index in [1.807, 2.05) is 0 Å². The number of benzene rings is 1. The van der Waals surface area contributed by atoms with Crippen LogP contribution in [-0.2, 0) is 4.74 Å². The first-order valence-electron chi connectivity index (χ1n) is 7.72. The Morgan fingerprint density at radius 3 is 2.60 bits per heavy atom. The number of rotatable bonds is 5. The zero-order chi connectivity index (χ0) is 14.5. The van der Waals surface area contributed by atoms with Crippen LogP contribution in [-0.4, -0.2) is 37.2 Å². The number of aryl methyl sites for hydroxylation is 1. The molecule has 112 valence electrons. The fraction of sp³-hybridized carbons (Fsp3) is 0.647. The molecule has 0 spiro atoms. The highest BCUT2D eigenvalue weighted by Gasteiger charge is 2.23. The monoisotopic (exact) mass is 276 g/mol. The van der Waals surface area contributed by atoms with Gasteiger partial charge in [-0.25, -0.2) is 0 Å². The van der Waals surface area contributed by atoms with Gasteiger partial charge in [0.15, 0.2) is 0 Å². The van der Waals surface area contributed by atoms with Gasteiger partial charge < -0.3 is 10.5 Å². The number of hydrogen-bond donors (Lipinski definition) is 1. The van der Waals surface area contributed by atoms with Gasteiger partial charge in [-0.15, -0.1) is 0 Å². The van der Waals surface area contributed by atoms with E-state index in [1.54, 1.807) is 0 Å². The van der Waals surface area contributed by atoms with Crippen molar-refractivity contribution in [1.29, 1.82) is 0 Å². The van der Waals surface area contributed by atoms with Gasteiger partial charge >= 0.3 is 0 Å². The third-order valence-corrected chi connectivity index (χ3v) is 4.44. The number of likely N-dealkylation sites (N-methyl/N-ethyl adjacent to an activating group) is 1. The molecule has 0 aliphatic carbocycles. The maximum absolute atomic E-state index is 6.41. The number of ether oxygens (including phenoxy) is 1. The molecule has 0 amide bonds. The smallest absolute Gasteiger partial charge is 0.0702 e. The van der Waals surface area contributed by atoms with Crippen LogP contribution in [0.3, 0.4) is 0 Å². The molecule has 1 saturated heterocycles. The van der Waals surface area contributed by atoms with Crippen molar-refractivity contribution in [3.63, 3.8) is 0 Å². The van der Waals surface area contributed by atoms with Gasteiger partial charge in [-0.05, 0) is 45.7 Å². The first-order valence-corrected chi connectivity index (χ1v) is 7.72. The first-order chi connectivity index (χ1) is 9.58. The molecule has 3 nitrogen and oxygen atoms in total. The highest BCUT2D eigenvalue weighted by atomic mass is 16.5. The molecule has 2 rings (SSSR count). The lowest BCUT2D eigenvalue weighted by Crippen LogP contribution is -2.43. The molecule has 1 aliphatic heterocycles. The molecule has 1 aliphatic rings. The van der Waals surface area contributed by atoms with E-state index < -0.39 is 0 Å². The zero-order valence-corrected chi connectivity index (χ0v) is 13.0. The molecule has 0 aromatic heterocycles. The Bertz CT molecular complexity index is 398. The Balaban J connectivity index is 1.91. The Kier molecular flexibility index (Phi) is 5.58. The zero-order valence-electron chi connectivity index (χ0n) is 13.0. The van der Waals surface area contributed by atoms with Crippen molar-refractivity contribution < 1.29 is 4.74 Å². The number of nitrogens with two attached hydrogens (primary N) is 1. The Morgan fingerprint density at radius 1 is 1.30 bits per heavy atom. The van der Waals surface area contributed by atoms with Crippen molar-refractivity contribution >= 4 is 0 Å². The van der Waals surface area contributed by atoms with Crippen molar-refractivity contribution in [2.75, 3.05) is 20.2 Å². The van der Waals surface area contributed by atoms with Crippen molar-refractivity contribution in [1.82, 2.24) is 4.90 Å². The second-order valence-electron chi connectivity index (χ2n) is 6.11. The van der Waals surface area contributed by atoms with Gasteiger partial charge in [0.25, 0.3) is 0 Å². The quantitative estimate of drug-likeness (QED) is 0.898. The molecule has 3 atom stereocenters. The lowest BCUT2D eigenvalue weighted by Gasteiger charge is -2.34. The van der Waals surface area contributed by atoms with Crippen LogP contribution < -0.4 is 5.73 Å². The Hall–Kier alpha value is -0.900. The molecule has 2 N–H and O–H groups in total. The van der Waals surface area contributed by atoms with Crippen LogP contribution in [0.5, 0.6) is 0 Å². The molecule has 1 aromatic rings. The molecular formula is C17H28N2O. The summed E-state index contributed by atoms with van der Waals surface area (Å²) in [6, 6.07) is 8.90. The van der Waals surface area contributed by atoms with Gasteiger partial charge in [0.2, 0.25) is 0 Å². The van der Waals surface area contributed by atoms with Gasteiger partial charge in [0, 0.05) is 25.2 Å². The van der Waals surface area contributed by atoms with E-state index in [2.05, 4.69) is 50.1 Å². The second-order valence-corrected chi connectivity index (χ2v) is 6.11. The fourth-order valence-corrected chi connectivity index (χ4v) is 2.78. The molecule has 1 aromatic carbocycles. The first kappa shape index (κ1) is 15.5. The van der Waals surface area contributed by atoms with Crippen LogP contribution in [0.15, 0.2) is 24.3 Å². The van der Waals surface area contributed by atoms with Crippen molar-refractivity contribution in [2.24, 2.45) is 5.73 Å². The second kappa shape index (κ2) is 7.21. The van der Waals surface area contributed by atoms with E-state index in [1.165, 1.54) is 30.4 Å². The lowest BCUT2D eigenvalue weighted by molar-refractivity contribution is -0.00867. The topological polar surface area (TPSA) is 38.5 Å². The van der Waals surface area contributed by atoms with E-state index >= 15 is 0 Å². The van der Waals surface area contributed by atoms with Crippen LogP contribution in [0.4, 0.5) is 0 Å². The molecule has 0 bridgehead atoms. The minimum absolute atomic E-state index is 0.0455. The van der Waals surface area contributed by atoms with Gasteiger partial charge in [-0.3, -0.25) is 4.90 Å². The van der Waals surface area contributed by atoms with Gasteiger partial charge in [-0.1, -0.05) is 29.8 Å². The molecule has 0 saturated carbocycles. The van der Waals surface area contributed by atoms with Crippen molar-refractivity contribution in [3.05, 3.63) is 35.4 Å². The molecular weight excluding hydrogens is 248 g/mol. The lowest BCUT2D eigenvalue weighted by atomic mass is 9.99. The van der Waals surface area contributed by atoms with Crippen molar-refractivity contribution in [3.8, 4) is 0 Å². The summed E-state index contributed by atoms with van der Waals surface area (Å²) >= 11 is 0. The SMILES string of the molecule is Cc1ccc(C(N)C(C)N(C)CC2CCCCO2)cc1. The normalized spacial score (nSPS) is 22.8. The van der Waals surface area contributed by atoms with E-state index in [0.29, 0.717) is 12.1 Å². The largest absolute Gasteiger partial charge is 0.377 e. The summed E-state index contributed by atoms with van der Waals surface area (Å²) < 4.78 is 5.82. The Morgan fingerprint density at radius 2 is 2.00 bits per heavy atom. The van der Waals surface area contributed by atoms with E-state index in [9.17, 15) is 0 Å². The van der Waals surface area contributed by atoms with E-state index in [-0.39, 0.29) is 6.04 Å². The predicted molar refractivity (Wildman–Crippen MR) is 83.8 cm³/mol. The highest BCUT2D eigenvalue weighted by Crippen LogP contribution is 2.20. The summed E-state index contributed by atoms with van der Waals surface area (Å²) in [6.45, 7) is 6.19. The highest BCUT2D eigenvalue weighted by molar-refractivity contribution is 5.24. The maximum atomic E-state index is 6.41. The van der Waals surface area contributed by atoms with E-state index in [4.69, 9.17) is 10.5 Å². The summed E-state index contributed by atoms with van der Waals surface area (Å²) in [7, 11) is 2.15. The van der Waals surface area contributed by atoms with Crippen LogP contribution in [0.1, 0.15) is 43.4 Å². The third-order valence-electron chi connectivity index (χ3n) is 4.44. The summed E-state index contributed by atoms with van der Waals surface area (Å²) in [4.78, 5) is 2.33. The average molecular weight is 276 g/mol. The standard InChI is InChI=1S/C17H28N2O/c1-13-7-9-15(10-8-13)17(18)14(2)19(3)12-16-6-4-5-11-20-16/h7-10,14,16-17H,4-6,11-12,18H2,1-3H3. The van der Waals surface area contributed by atoms with Crippen LogP contribution in [0.2, 0.25) is 0 Å². The summed E-state index contributed by atoms with van der Waals surface area (Å²) in [6.07, 6.45) is 4.05. The van der Waals surface area contributed by atoms with Crippen molar-refractivity contribution in [2.45, 2.75) is 51.3 Å².